The third-order valence-electron chi connectivity index (χ3n) is 4.78. The zero-order valence-corrected chi connectivity index (χ0v) is 17.6. The molecule has 2 aliphatic heterocycles. The molecule has 1 unspecified atom stereocenters. The van der Waals surface area contributed by atoms with Gasteiger partial charge in [-0.05, 0) is 45.0 Å². The minimum absolute atomic E-state index is 0. The number of halogens is 1. The summed E-state index contributed by atoms with van der Waals surface area (Å²) in [5.74, 6) is 1.90. The van der Waals surface area contributed by atoms with E-state index in [1.807, 2.05) is 6.07 Å². The molecule has 0 spiro atoms. The largest absolute Gasteiger partial charge is 0.468 e. The molecule has 0 radical (unpaired) electrons. The maximum absolute atomic E-state index is 5.68. The number of hydrogen-bond acceptors (Lipinski definition) is 4. The maximum atomic E-state index is 5.68. The molecule has 1 aromatic heterocycles. The van der Waals surface area contributed by atoms with Gasteiger partial charge in [0.15, 0.2) is 5.96 Å². The van der Waals surface area contributed by atoms with Crippen LogP contribution in [0.2, 0.25) is 0 Å². The molecule has 0 saturated carbocycles. The predicted octanol–water partition coefficient (Wildman–Crippen LogP) is 2.63. The Morgan fingerprint density at radius 2 is 2.08 bits per heavy atom. The number of hydrogen-bond donors (Lipinski definition) is 2. The summed E-state index contributed by atoms with van der Waals surface area (Å²) in [7, 11) is 0. The summed E-state index contributed by atoms with van der Waals surface area (Å²) in [5, 5.41) is 6.85. The first kappa shape index (κ1) is 20.5. The van der Waals surface area contributed by atoms with Crippen molar-refractivity contribution in [2.24, 2.45) is 10.4 Å². The lowest BCUT2D eigenvalue weighted by Gasteiger charge is -2.36. The van der Waals surface area contributed by atoms with Gasteiger partial charge < -0.3 is 19.8 Å². The standard InChI is InChI=1S/C18H30N4O2.HI/c1-3-19-17(21-12-18(2)13-23-14-18)20-11-15(16-7-6-10-24-16)22-8-4-5-9-22;/h6-7,10,15H,3-5,8-9,11-14H2,1-2H3,(H2,19,20,21);1H. The highest BCUT2D eigenvalue weighted by Crippen LogP contribution is 2.27. The Hall–Kier alpha value is -0.800. The summed E-state index contributed by atoms with van der Waals surface area (Å²) in [5.41, 5.74) is 0.192. The number of ether oxygens (including phenoxy) is 1. The number of nitrogens with one attached hydrogen (secondary N) is 2. The van der Waals surface area contributed by atoms with Gasteiger partial charge in [-0.25, -0.2) is 0 Å². The normalized spacial score (nSPS) is 21.3. The molecule has 0 amide bonds. The van der Waals surface area contributed by atoms with Gasteiger partial charge in [-0.2, -0.15) is 0 Å². The van der Waals surface area contributed by atoms with Crippen LogP contribution < -0.4 is 10.6 Å². The van der Waals surface area contributed by atoms with Gasteiger partial charge in [-0.3, -0.25) is 9.89 Å². The Labute approximate surface area is 167 Å². The van der Waals surface area contributed by atoms with Crippen LogP contribution in [0.1, 0.15) is 38.5 Å². The van der Waals surface area contributed by atoms with Crippen LogP contribution in [0.4, 0.5) is 0 Å². The summed E-state index contributed by atoms with van der Waals surface area (Å²) >= 11 is 0. The molecule has 2 saturated heterocycles. The van der Waals surface area contributed by atoms with E-state index in [-0.39, 0.29) is 35.4 Å². The second-order valence-electron chi connectivity index (χ2n) is 7.15. The van der Waals surface area contributed by atoms with Crippen LogP contribution in [0.5, 0.6) is 0 Å². The number of furan rings is 1. The third-order valence-corrected chi connectivity index (χ3v) is 4.78. The molecule has 2 fully saturated rings. The van der Waals surface area contributed by atoms with Crippen LogP contribution in [0.25, 0.3) is 0 Å². The van der Waals surface area contributed by atoms with Crippen molar-refractivity contribution in [1.29, 1.82) is 0 Å². The third kappa shape index (κ3) is 5.59. The Morgan fingerprint density at radius 3 is 2.64 bits per heavy atom. The smallest absolute Gasteiger partial charge is 0.191 e. The first-order chi connectivity index (χ1) is 11.7. The molecule has 0 bridgehead atoms. The van der Waals surface area contributed by atoms with Crippen molar-refractivity contribution in [3.05, 3.63) is 24.2 Å². The lowest BCUT2D eigenvalue weighted by molar-refractivity contribution is -0.0945. The SMILES string of the molecule is CCNC(=NCC1(C)COC1)NCC(c1ccco1)N1CCCC1.I. The van der Waals surface area contributed by atoms with Gasteiger partial charge >= 0.3 is 0 Å². The van der Waals surface area contributed by atoms with Crippen LogP contribution >= 0.6 is 24.0 Å². The first-order valence-corrected chi connectivity index (χ1v) is 9.07. The molecule has 0 aromatic carbocycles. The van der Waals surface area contributed by atoms with Gasteiger partial charge in [-0.1, -0.05) is 6.92 Å². The molecule has 1 atom stereocenters. The second kappa shape index (κ2) is 9.78. The van der Waals surface area contributed by atoms with E-state index in [2.05, 4.69) is 35.4 Å². The minimum Gasteiger partial charge on any atom is -0.468 e. The molecule has 6 nitrogen and oxygen atoms in total. The van der Waals surface area contributed by atoms with Crippen molar-refractivity contribution >= 4 is 29.9 Å². The van der Waals surface area contributed by atoms with Crippen LogP contribution in [0.3, 0.4) is 0 Å². The zero-order chi connectivity index (χ0) is 16.8. The molecule has 1 aromatic rings. The van der Waals surface area contributed by atoms with E-state index in [4.69, 9.17) is 14.1 Å². The fourth-order valence-corrected chi connectivity index (χ4v) is 3.29. The van der Waals surface area contributed by atoms with Gasteiger partial charge in [0.25, 0.3) is 0 Å². The Morgan fingerprint density at radius 1 is 1.32 bits per heavy atom. The van der Waals surface area contributed by atoms with E-state index in [0.717, 1.165) is 57.7 Å². The molecule has 142 valence electrons. The Bertz CT molecular complexity index is 525. The fraction of sp³-hybridized carbons (Fsp3) is 0.722. The number of likely N-dealkylation sites (tertiary alicyclic amines) is 1. The molecular weight excluding hydrogens is 431 g/mol. The average molecular weight is 462 g/mol. The molecular formula is C18H31IN4O2. The minimum atomic E-state index is 0. The fourth-order valence-electron chi connectivity index (χ4n) is 3.29. The summed E-state index contributed by atoms with van der Waals surface area (Å²) in [4.78, 5) is 7.25. The second-order valence-corrected chi connectivity index (χ2v) is 7.15. The van der Waals surface area contributed by atoms with Crippen LogP contribution in [-0.4, -0.2) is 56.8 Å². The van der Waals surface area contributed by atoms with Crippen LogP contribution in [0.15, 0.2) is 27.8 Å². The maximum Gasteiger partial charge on any atom is 0.191 e. The number of rotatable bonds is 7. The predicted molar refractivity (Wildman–Crippen MR) is 111 cm³/mol. The summed E-state index contributed by atoms with van der Waals surface area (Å²) in [6, 6.07) is 4.30. The number of aliphatic imine (C=N–C) groups is 1. The lowest BCUT2D eigenvalue weighted by atomic mass is 9.89. The molecule has 0 aliphatic carbocycles. The molecule has 7 heteroatoms. The van der Waals surface area contributed by atoms with Gasteiger partial charge in [0, 0.05) is 18.5 Å². The Kier molecular flexibility index (Phi) is 8.02. The van der Waals surface area contributed by atoms with Crippen LogP contribution in [0, 0.1) is 5.41 Å². The van der Waals surface area contributed by atoms with Crippen molar-refractivity contribution in [2.75, 3.05) is 45.9 Å². The van der Waals surface area contributed by atoms with Gasteiger partial charge in [-0.15, -0.1) is 24.0 Å². The lowest BCUT2D eigenvalue weighted by Crippen LogP contribution is -2.45. The van der Waals surface area contributed by atoms with Gasteiger partial charge in [0.1, 0.15) is 5.76 Å². The van der Waals surface area contributed by atoms with Gasteiger partial charge in [0.2, 0.25) is 0 Å². The van der Waals surface area contributed by atoms with E-state index in [1.54, 1.807) is 6.26 Å². The molecule has 2 aliphatic rings. The Balaban J connectivity index is 0.00000225. The average Bonchev–Trinajstić information content (AvgIpc) is 3.25. The van der Waals surface area contributed by atoms with E-state index in [9.17, 15) is 0 Å². The summed E-state index contributed by atoms with van der Waals surface area (Å²) < 4.78 is 11.0. The highest BCUT2D eigenvalue weighted by molar-refractivity contribution is 14.0. The number of guanidine groups is 1. The first-order valence-electron chi connectivity index (χ1n) is 9.07. The summed E-state index contributed by atoms with van der Waals surface area (Å²) in [6.07, 6.45) is 4.29. The van der Waals surface area contributed by atoms with Crippen molar-refractivity contribution in [3.63, 3.8) is 0 Å². The van der Waals surface area contributed by atoms with Crippen molar-refractivity contribution < 1.29 is 9.15 Å². The van der Waals surface area contributed by atoms with E-state index in [0.29, 0.717) is 0 Å². The van der Waals surface area contributed by atoms with Crippen molar-refractivity contribution in [1.82, 2.24) is 15.5 Å². The highest BCUT2D eigenvalue weighted by Gasteiger charge is 2.33. The van der Waals surface area contributed by atoms with Crippen molar-refractivity contribution in [2.45, 2.75) is 32.7 Å². The van der Waals surface area contributed by atoms with Crippen molar-refractivity contribution in [3.8, 4) is 0 Å². The van der Waals surface area contributed by atoms with E-state index >= 15 is 0 Å². The quantitative estimate of drug-likeness (QED) is 0.371. The highest BCUT2D eigenvalue weighted by atomic mass is 127. The van der Waals surface area contributed by atoms with E-state index < -0.39 is 0 Å². The number of nitrogens with zero attached hydrogens (tertiary/aromatic N) is 2. The molecule has 3 heterocycles. The zero-order valence-electron chi connectivity index (χ0n) is 15.3. The molecule has 2 N–H and O–H groups in total. The van der Waals surface area contributed by atoms with Gasteiger partial charge in [0.05, 0.1) is 32.1 Å². The summed E-state index contributed by atoms with van der Waals surface area (Å²) in [6.45, 7) is 10.6. The topological polar surface area (TPSA) is 62.0 Å². The monoisotopic (exact) mass is 462 g/mol. The van der Waals surface area contributed by atoms with Crippen LogP contribution in [-0.2, 0) is 4.74 Å². The molecule has 3 rings (SSSR count). The molecule has 25 heavy (non-hydrogen) atoms. The van der Waals surface area contributed by atoms with E-state index in [1.165, 1.54) is 12.8 Å².